The number of likely N-dealkylation sites (N-methyl/N-ethyl adjacent to an activating group) is 1. The fourth-order valence-electron chi connectivity index (χ4n) is 3.13. The van der Waals surface area contributed by atoms with Gasteiger partial charge in [0, 0.05) is 26.2 Å². The fraction of sp³-hybridized carbons (Fsp3) is 0.350. The number of benzene rings is 2. The second-order valence-corrected chi connectivity index (χ2v) is 8.52. The maximum absolute atomic E-state index is 13.1. The Morgan fingerprint density at radius 1 is 0.963 bits per heavy atom. The predicted molar refractivity (Wildman–Crippen MR) is 105 cm³/mol. The van der Waals surface area contributed by atoms with Crippen molar-refractivity contribution in [1.29, 1.82) is 0 Å². The maximum Gasteiger partial charge on any atom is 0.241 e. The average molecular weight is 388 g/mol. The third-order valence-corrected chi connectivity index (χ3v) is 6.23. The van der Waals surface area contributed by atoms with E-state index in [0.29, 0.717) is 19.5 Å². The fourth-order valence-corrected chi connectivity index (χ4v) is 4.34. The molecular weight excluding hydrogens is 362 g/mol. The second kappa shape index (κ2) is 8.65. The highest BCUT2D eigenvalue weighted by Crippen LogP contribution is 2.13. The molecule has 27 heavy (non-hydrogen) atoms. The molecule has 1 aliphatic heterocycles. The number of sulfonamides is 1. The molecule has 1 N–H and O–H groups in total. The van der Waals surface area contributed by atoms with Crippen LogP contribution >= 0.6 is 0 Å². The monoisotopic (exact) mass is 387 g/mol. The number of carbonyl (C=O) groups is 1. The highest BCUT2D eigenvalue weighted by atomic mass is 32.2. The Morgan fingerprint density at radius 3 is 2.11 bits per heavy atom. The summed E-state index contributed by atoms with van der Waals surface area (Å²) in [6.45, 7) is 2.78. The first-order chi connectivity index (χ1) is 13.0. The molecular formula is C20H25N3O3S. The molecule has 2 aromatic rings. The van der Waals surface area contributed by atoms with Gasteiger partial charge in [0.15, 0.2) is 0 Å². The Balaban J connectivity index is 1.82. The van der Waals surface area contributed by atoms with Crippen LogP contribution in [0, 0.1) is 0 Å². The van der Waals surface area contributed by atoms with Gasteiger partial charge in [-0.3, -0.25) is 4.79 Å². The standard InChI is InChI=1S/C20H25N3O3S/c1-22-12-14-23(15-13-22)20(24)19(16-17-8-4-2-5-9-17)21-27(25,26)18-10-6-3-7-11-18/h2-11,19,21H,12-16H2,1H3/t19-/m1/s1. The minimum atomic E-state index is -3.78. The molecule has 1 amide bonds. The molecule has 0 aliphatic carbocycles. The van der Waals surface area contributed by atoms with Crippen LogP contribution in [0.25, 0.3) is 0 Å². The molecule has 3 rings (SSSR count). The van der Waals surface area contributed by atoms with Crippen molar-refractivity contribution in [3.8, 4) is 0 Å². The average Bonchev–Trinajstić information content (AvgIpc) is 2.69. The summed E-state index contributed by atoms with van der Waals surface area (Å²) < 4.78 is 28.2. The quantitative estimate of drug-likeness (QED) is 0.812. The lowest BCUT2D eigenvalue weighted by molar-refractivity contribution is -0.134. The molecule has 6 nitrogen and oxygen atoms in total. The van der Waals surface area contributed by atoms with E-state index in [1.807, 2.05) is 37.4 Å². The number of piperazine rings is 1. The van der Waals surface area contributed by atoms with Crippen LogP contribution in [0.2, 0.25) is 0 Å². The molecule has 0 bridgehead atoms. The number of hydrogen-bond acceptors (Lipinski definition) is 4. The summed E-state index contributed by atoms with van der Waals surface area (Å²) >= 11 is 0. The summed E-state index contributed by atoms with van der Waals surface area (Å²) in [5.74, 6) is -0.175. The van der Waals surface area contributed by atoms with E-state index < -0.39 is 16.1 Å². The Labute approximate surface area is 160 Å². The van der Waals surface area contributed by atoms with Crippen molar-refractivity contribution < 1.29 is 13.2 Å². The minimum absolute atomic E-state index is 0.161. The third kappa shape index (κ3) is 5.15. The molecule has 144 valence electrons. The molecule has 7 heteroatoms. The van der Waals surface area contributed by atoms with Gasteiger partial charge in [-0.1, -0.05) is 48.5 Å². The van der Waals surface area contributed by atoms with Crippen LogP contribution in [0.15, 0.2) is 65.6 Å². The van der Waals surface area contributed by atoms with E-state index in [1.165, 1.54) is 12.1 Å². The number of hydrogen-bond donors (Lipinski definition) is 1. The normalized spacial score (nSPS) is 16.9. The van der Waals surface area contributed by atoms with E-state index >= 15 is 0 Å². The molecule has 0 aromatic heterocycles. The maximum atomic E-state index is 13.1. The van der Waals surface area contributed by atoms with Crippen molar-refractivity contribution in [3.05, 3.63) is 66.2 Å². The first-order valence-corrected chi connectivity index (χ1v) is 10.5. The molecule has 1 heterocycles. The van der Waals surface area contributed by atoms with E-state index in [1.54, 1.807) is 23.1 Å². The predicted octanol–water partition coefficient (Wildman–Crippen LogP) is 1.35. The van der Waals surface area contributed by atoms with Crippen molar-refractivity contribution >= 4 is 15.9 Å². The van der Waals surface area contributed by atoms with E-state index in [9.17, 15) is 13.2 Å². The van der Waals surface area contributed by atoms with Gasteiger partial charge in [0.05, 0.1) is 4.90 Å². The van der Waals surface area contributed by atoms with Gasteiger partial charge >= 0.3 is 0 Å². The SMILES string of the molecule is CN1CCN(C(=O)[C@@H](Cc2ccccc2)NS(=O)(=O)c2ccccc2)CC1. The van der Waals surface area contributed by atoms with Gasteiger partial charge in [-0.05, 0) is 31.2 Å². The van der Waals surface area contributed by atoms with Crippen molar-refractivity contribution in [2.45, 2.75) is 17.4 Å². The van der Waals surface area contributed by atoms with E-state index in [0.717, 1.165) is 18.7 Å². The highest BCUT2D eigenvalue weighted by Gasteiger charge is 2.30. The summed E-state index contributed by atoms with van der Waals surface area (Å²) in [6, 6.07) is 16.8. The highest BCUT2D eigenvalue weighted by molar-refractivity contribution is 7.89. The van der Waals surface area contributed by atoms with Crippen molar-refractivity contribution in [2.75, 3.05) is 33.2 Å². The molecule has 0 saturated carbocycles. The lowest BCUT2D eigenvalue weighted by Gasteiger charge is -2.34. The smallest absolute Gasteiger partial charge is 0.241 e. The lowest BCUT2D eigenvalue weighted by Crippen LogP contribution is -2.54. The summed E-state index contributed by atoms with van der Waals surface area (Å²) in [5.41, 5.74) is 0.917. The number of amides is 1. The van der Waals surface area contributed by atoms with Crippen LogP contribution in [0.4, 0.5) is 0 Å². The van der Waals surface area contributed by atoms with Crippen LogP contribution in [0.1, 0.15) is 5.56 Å². The van der Waals surface area contributed by atoms with E-state index in [-0.39, 0.29) is 10.8 Å². The van der Waals surface area contributed by atoms with Gasteiger partial charge in [0.1, 0.15) is 6.04 Å². The zero-order chi connectivity index (χ0) is 19.3. The molecule has 1 saturated heterocycles. The van der Waals surface area contributed by atoms with Crippen molar-refractivity contribution in [2.24, 2.45) is 0 Å². The largest absolute Gasteiger partial charge is 0.339 e. The number of carbonyl (C=O) groups excluding carboxylic acids is 1. The van der Waals surface area contributed by atoms with Crippen molar-refractivity contribution in [1.82, 2.24) is 14.5 Å². The van der Waals surface area contributed by atoms with Crippen molar-refractivity contribution in [3.63, 3.8) is 0 Å². The number of rotatable bonds is 6. The Bertz CT molecular complexity index is 849. The first-order valence-electron chi connectivity index (χ1n) is 9.04. The zero-order valence-corrected chi connectivity index (χ0v) is 16.2. The third-order valence-electron chi connectivity index (χ3n) is 4.75. The zero-order valence-electron chi connectivity index (χ0n) is 15.4. The van der Waals surface area contributed by atoms with E-state index in [2.05, 4.69) is 9.62 Å². The second-order valence-electron chi connectivity index (χ2n) is 6.81. The molecule has 1 fully saturated rings. The summed E-state index contributed by atoms with van der Waals surface area (Å²) in [6.07, 6.45) is 0.318. The van der Waals surface area contributed by atoms with Crippen LogP contribution in [-0.4, -0.2) is 63.4 Å². The van der Waals surface area contributed by atoms with Crippen LogP contribution in [0.3, 0.4) is 0 Å². The van der Waals surface area contributed by atoms with Gasteiger partial charge in [-0.2, -0.15) is 4.72 Å². The number of nitrogens with one attached hydrogen (secondary N) is 1. The summed E-state index contributed by atoms with van der Waals surface area (Å²) in [5, 5.41) is 0. The Hall–Kier alpha value is -2.22. The lowest BCUT2D eigenvalue weighted by atomic mass is 10.1. The molecule has 0 unspecified atom stereocenters. The van der Waals surface area contributed by atoms with Crippen LogP contribution in [0.5, 0.6) is 0 Å². The van der Waals surface area contributed by atoms with Gasteiger partial charge in [0.25, 0.3) is 0 Å². The van der Waals surface area contributed by atoms with Gasteiger partial charge in [0.2, 0.25) is 15.9 Å². The molecule has 0 radical (unpaired) electrons. The molecule has 0 spiro atoms. The molecule has 2 aromatic carbocycles. The first kappa shape index (κ1) is 19.5. The van der Waals surface area contributed by atoms with Crippen LogP contribution in [-0.2, 0) is 21.2 Å². The van der Waals surface area contributed by atoms with Gasteiger partial charge < -0.3 is 9.80 Å². The summed E-state index contributed by atoms with van der Waals surface area (Å²) in [7, 11) is -1.77. The van der Waals surface area contributed by atoms with Gasteiger partial charge in [-0.15, -0.1) is 0 Å². The van der Waals surface area contributed by atoms with Crippen LogP contribution < -0.4 is 4.72 Å². The topological polar surface area (TPSA) is 69.7 Å². The Kier molecular flexibility index (Phi) is 6.26. The minimum Gasteiger partial charge on any atom is -0.339 e. The van der Waals surface area contributed by atoms with Gasteiger partial charge in [-0.25, -0.2) is 8.42 Å². The Morgan fingerprint density at radius 2 is 1.52 bits per heavy atom. The number of nitrogens with zero attached hydrogens (tertiary/aromatic N) is 2. The summed E-state index contributed by atoms with van der Waals surface area (Å²) in [4.78, 5) is 17.2. The van der Waals surface area contributed by atoms with E-state index in [4.69, 9.17) is 0 Å². The molecule has 1 aliphatic rings. The molecule has 1 atom stereocenters.